The van der Waals surface area contributed by atoms with Gasteiger partial charge in [0.05, 0.1) is 0 Å². The van der Waals surface area contributed by atoms with Crippen molar-refractivity contribution in [2.24, 2.45) is 47.3 Å². The molecule has 0 nitrogen and oxygen atoms in total. The Morgan fingerprint density at radius 1 is 0.368 bits per heavy atom. The van der Waals surface area contributed by atoms with E-state index in [9.17, 15) is 0 Å². The van der Waals surface area contributed by atoms with Gasteiger partial charge in [0.2, 0.25) is 0 Å². The van der Waals surface area contributed by atoms with Gasteiger partial charge in [-0.05, 0) is 79.4 Å². The van der Waals surface area contributed by atoms with Crippen LogP contribution in [0.15, 0.2) is 0 Å². The second-order valence-corrected chi connectivity index (χ2v) is 8.78. The van der Waals surface area contributed by atoms with Gasteiger partial charge in [-0.2, -0.15) is 0 Å². The van der Waals surface area contributed by atoms with Crippen molar-refractivity contribution in [3.05, 3.63) is 0 Å². The Morgan fingerprint density at radius 2 is 0.789 bits per heavy atom. The van der Waals surface area contributed by atoms with Gasteiger partial charge in [0.25, 0.3) is 0 Å². The summed E-state index contributed by atoms with van der Waals surface area (Å²) in [5.74, 6) is 9.47. The maximum Gasteiger partial charge on any atom is -0.0318 e. The molecule has 6 atom stereocenters. The summed E-state index contributed by atoms with van der Waals surface area (Å²) in [6.07, 6.45) is 17.7. The van der Waals surface area contributed by atoms with Gasteiger partial charge in [-0.25, -0.2) is 0 Å². The molecule has 0 heterocycles. The van der Waals surface area contributed by atoms with Crippen LogP contribution in [0.2, 0.25) is 0 Å². The normalized spacial score (nSPS) is 59.4. The molecule has 0 aromatic carbocycles. The fourth-order valence-corrected chi connectivity index (χ4v) is 7.96. The minimum atomic E-state index is 1.17. The lowest BCUT2D eigenvalue weighted by molar-refractivity contribution is -0.136. The highest BCUT2D eigenvalue weighted by molar-refractivity contribution is 5.05. The number of rotatable bonds is 0. The van der Waals surface area contributed by atoms with Gasteiger partial charge < -0.3 is 0 Å². The van der Waals surface area contributed by atoms with Crippen LogP contribution in [-0.2, 0) is 0 Å². The Kier molecular flexibility index (Phi) is 2.60. The van der Waals surface area contributed by atoms with Crippen molar-refractivity contribution < 1.29 is 0 Å². The minimum Gasteiger partial charge on any atom is -0.0528 e. The van der Waals surface area contributed by atoms with Gasteiger partial charge in [-0.3, -0.25) is 0 Å². The van der Waals surface area contributed by atoms with E-state index >= 15 is 0 Å². The third-order valence-electron chi connectivity index (χ3n) is 8.33. The summed E-state index contributed by atoms with van der Waals surface area (Å²) in [4.78, 5) is 0. The molecule has 5 saturated carbocycles. The first-order chi connectivity index (χ1) is 9.42. The summed E-state index contributed by atoms with van der Waals surface area (Å²) in [5, 5.41) is 0. The topological polar surface area (TPSA) is 0 Å². The molecule has 0 aliphatic heterocycles. The van der Waals surface area contributed by atoms with Crippen LogP contribution < -0.4 is 0 Å². The molecule has 0 spiro atoms. The van der Waals surface area contributed by atoms with E-state index in [4.69, 9.17) is 0 Å². The van der Waals surface area contributed by atoms with E-state index in [0.717, 1.165) is 0 Å². The molecule has 0 N–H and O–H groups in total. The summed E-state index contributed by atoms with van der Waals surface area (Å²) in [5.41, 5.74) is 0. The molecule has 19 heavy (non-hydrogen) atoms. The standard InChI is InChI=1S/C19H30/c1-3-12-7-9-14-10-8-13-4-2-6-16-11-15(5-1)17(12)19(14)18(13)16/h12-19H,1-11H2. The first kappa shape index (κ1) is 11.6. The highest BCUT2D eigenvalue weighted by Gasteiger charge is 2.56. The highest BCUT2D eigenvalue weighted by atomic mass is 14.6. The van der Waals surface area contributed by atoms with Crippen molar-refractivity contribution in [1.29, 1.82) is 0 Å². The zero-order valence-electron chi connectivity index (χ0n) is 12.4. The zero-order chi connectivity index (χ0) is 12.4. The SMILES string of the molecule is C1CC2CCC3CCC4CCCC5CC(C1)C2C3C45. The fraction of sp³-hybridized carbons (Fsp3) is 1.00. The lowest BCUT2D eigenvalue weighted by Crippen LogP contribution is -2.55. The van der Waals surface area contributed by atoms with E-state index < -0.39 is 0 Å². The van der Waals surface area contributed by atoms with Crippen LogP contribution in [0, 0.1) is 47.3 Å². The Hall–Kier alpha value is 0. The number of hydrogen-bond donors (Lipinski definition) is 0. The van der Waals surface area contributed by atoms with E-state index in [1.165, 1.54) is 47.3 Å². The highest BCUT2D eigenvalue weighted by Crippen LogP contribution is 2.64. The second-order valence-electron chi connectivity index (χ2n) is 8.78. The van der Waals surface area contributed by atoms with Gasteiger partial charge in [0, 0.05) is 0 Å². The number of hydrogen-bond acceptors (Lipinski definition) is 0. The van der Waals surface area contributed by atoms with Gasteiger partial charge in [0.1, 0.15) is 0 Å². The predicted octanol–water partition coefficient (Wildman–Crippen LogP) is 5.28. The summed E-state index contributed by atoms with van der Waals surface area (Å²) >= 11 is 0. The van der Waals surface area contributed by atoms with Gasteiger partial charge >= 0.3 is 0 Å². The fourth-order valence-electron chi connectivity index (χ4n) is 7.96. The van der Waals surface area contributed by atoms with Gasteiger partial charge in [-0.15, -0.1) is 0 Å². The third-order valence-corrected chi connectivity index (χ3v) is 8.33. The summed E-state index contributed by atoms with van der Waals surface area (Å²) in [6, 6.07) is 0. The van der Waals surface area contributed by atoms with Crippen LogP contribution in [0.3, 0.4) is 0 Å². The van der Waals surface area contributed by atoms with Crippen molar-refractivity contribution in [2.75, 3.05) is 0 Å². The molecule has 0 saturated heterocycles. The Bertz CT molecular complexity index is 327. The van der Waals surface area contributed by atoms with E-state index in [1.54, 1.807) is 70.6 Å². The molecule has 5 fully saturated rings. The van der Waals surface area contributed by atoms with E-state index in [1.807, 2.05) is 0 Å². The second kappa shape index (κ2) is 4.25. The average molecular weight is 258 g/mol. The van der Waals surface area contributed by atoms with Crippen LogP contribution in [0.4, 0.5) is 0 Å². The van der Waals surface area contributed by atoms with Crippen LogP contribution in [0.25, 0.3) is 0 Å². The van der Waals surface area contributed by atoms with Crippen LogP contribution in [0.5, 0.6) is 0 Å². The molecule has 5 rings (SSSR count). The molecule has 0 aromatic rings. The molecule has 6 unspecified atom stereocenters. The molecule has 0 aromatic heterocycles. The molecule has 0 amide bonds. The molecule has 5 aliphatic carbocycles. The van der Waals surface area contributed by atoms with Crippen LogP contribution in [-0.4, -0.2) is 0 Å². The van der Waals surface area contributed by atoms with Crippen molar-refractivity contribution in [2.45, 2.75) is 70.6 Å². The molecular weight excluding hydrogens is 228 g/mol. The molecule has 0 heteroatoms. The summed E-state index contributed by atoms with van der Waals surface area (Å²) in [7, 11) is 0. The van der Waals surface area contributed by atoms with Crippen molar-refractivity contribution >= 4 is 0 Å². The summed E-state index contributed by atoms with van der Waals surface area (Å²) < 4.78 is 0. The smallest absolute Gasteiger partial charge is 0.0318 e. The maximum atomic E-state index is 1.66. The quantitative estimate of drug-likeness (QED) is 0.555. The molecule has 106 valence electrons. The zero-order valence-corrected chi connectivity index (χ0v) is 12.4. The Morgan fingerprint density at radius 3 is 1.32 bits per heavy atom. The molecule has 0 radical (unpaired) electrons. The average Bonchev–Trinajstić information content (AvgIpc) is 2.47. The molecule has 0 bridgehead atoms. The van der Waals surface area contributed by atoms with Gasteiger partial charge in [-0.1, -0.05) is 38.5 Å². The molecule has 5 aliphatic rings. The largest absolute Gasteiger partial charge is 0.0528 e. The first-order valence-electron chi connectivity index (χ1n) is 9.42. The van der Waals surface area contributed by atoms with Crippen LogP contribution in [0.1, 0.15) is 70.6 Å². The van der Waals surface area contributed by atoms with Crippen molar-refractivity contribution in [1.82, 2.24) is 0 Å². The first-order valence-corrected chi connectivity index (χ1v) is 9.42. The van der Waals surface area contributed by atoms with Crippen molar-refractivity contribution in [3.63, 3.8) is 0 Å². The third kappa shape index (κ3) is 1.58. The predicted molar refractivity (Wildman–Crippen MR) is 78.7 cm³/mol. The maximum absolute atomic E-state index is 1.66. The van der Waals surface area contributed by atoms with E-state index in [-0.39, 0.29) is 0 Å². The minimum absolute atomic E-state index is 1.17. The lowest BCUT2D eigenvalue weighted by atomic mass is 9.42. The van der Waals surface area contributed by atoms with Crippen molar-refractivity contribution in [3.8, 4) is 0 Å². The Balaban J connectivity index is 1.55. The summed E-state index contributed by atoms with van der Waals surface area (Å²) in [6.45, 7) is 0. The molecular formula is C19H30. The lowest BCUT2D eigenvalue weighted by Gasteiger charge is -2.63. The van der Waals surface area contributed by atoms with E-state index in [2.05, 4.69) is 0 Å². The Labute approximate surface area is 118 Å². The monoisotopic (exact) mass is 258 g/mol. The van der Waals surface area contributed by atoms with Crippen LogP contribution >= 0.6 is 0 Å². The van der Waals surface area contributed by atoms with Gasteiger partial charge in [0.15, 0.2) is 0 Å². The van der Waals surface area contributed by atoms with E-state index in [0.29, 0.717) is 0 Å².